The van der Waals surface area contributed by atoms with Gasteiger partial charge in [-0.15, -0.1) is 5.10 Å². The lowest BCUT2D eigenvalue weighted by molar-refractivity contribution is -0.135. The Labute approximate surface area is 126 Å². The van der Waals surface area contributed by atoms with Gasteiger partial charge in [0.1, 0.15) is 0 Å². The number of carbonyl (C=O) groups is 2. The number of amides is 1. The topological polar surface area (TPSA) is 80.1 Å². The van der Waals surface area contributed by atoms with Gasteiger partial charge in [-0.1, -0.05) is 29.8 Å². The normalized spacial score (nSPS) is 18.5. The Bertz CT molecular complexity index is 648. The molecule has 0 spiro atoms. The molecule has 1 aromatic carbocycles. The molecule has 21 heavy (non-hydrogen) atoms. The molecule has 1 amide bonds. The minimum Gasteiger partial charge on any atom is -0.466 e. The van der Waals surface area contributed by atoms with Gasteiger partial charge >= 0.3 is 5.97 Å². The lowest BCUT2D eigenvalue weighted by Crippen LogP contribution is -2.19. The average Bonchev–Trinajstić information content (AvgIpc) is 2.81. The highest BCUT2D eigenvalue weighted by Crippen LogP contribution is 2.23. The summed E-state index contributed by atoms with van der Waals surface area (Å²) < 4.78 is 4.47. The number of thioether (sulfide) groups is 1. The lowest BCUT2D eigenvalue weighted by atomic mass is 10.2. The van der Waals surface area contributed by atoms with E-state index in [0.717, 1.165) is 29.0 Å². The van der Waals surface area contributed by atoms with E-state index in [1.807, 2.05) is 31.2 Å². The zero-order valence-electron chi connectivity index (χ0n) is 11.5. The molecule has 2 rings (SSSR count). The fourth-order valence-corrected chi connectivity index (χ4v) is 2.18. The summed E-state index contributed by atoms with van der Waals surface area (Å²) in [6.45, 7) is 2.00. The molecule has 0 aromatic heterocycles. The third-order valence-electron chi connectivity index (χ3n) is 2.53. The first-order valence-corrected chi connectivity index (χ1v) is 6.86. The summed E-state index contributed by atoms with van der Waals surface area (Å²) in [5.74, 6) is -0.980. The fourth-order valence-electron chi connectivity index (χ4n) is 1.44. The molecule has 1 heterocycles. The molecule has 1 saturated heterocycles. The number of carbonyl (C=O) groups excluding carboxylic acids is 2. The second-order valence-corrected chi connectivity index (χ2v) is 5.18. The molecule has 1 aliphatic rings. The Balaban J connectivity index is 2.03. The van der Waals surface area contributed by atoms with Crippen LogP contribution in [-0.4, -0.2) is 30.4 Å². The first kappa shape index (κ1) is 15.0. The Morgan fingerprint density at radius 1 is 1.33 bits per heavy atom. The predicted molar refractivity (Wildman–Crippen MR) is 82.0 cm³/mol. The Hall–Kier alpha value is -2.41. The van der Waals surface area contributed by atoms with Crippen LogP contribution in [0.4, 0.5) is 0 Å². The van der Waals surface area contributed by atoms with Gasteiger partial charge < -0.3 is 4.74 Å². The van der Waals surface area contributed by atoms with Crippen molar-refractivity contribution in [3.05, 3.63) is 46.4 Å². The van der Waals surface area contributed by atoms with E-state index in [4.69, 9.17) is 0 Å². The molecule has 1 fully saturated rings. The number of amidine groups is 1. The molecule has 0 aliphatic carbocycles. The number of hydrogen-bond acceptors (Lipinski definition) is 6. The van der Waals surface area contributed by atoms with Crippen molar-refractivity contribution in [3.8, 4) is 0 Å². The monoisotopic (exact) mass is 303 g/mol. The first-order chi connectivity index (χ1) is 10.1. The van der Waals surface area contributed by atoms with E-state index in [1.54, 1.807) is 6.21 Å². The zero-order chi connectivity index (χ0) is 15.2. The van der Waals surface area contributed by atoms with Crippen molar-refractivity contribution >= 4 is 35.0 Å². The van der Waals surface area contributed by atoms with Crippen LogP contribution in [0, 0.1) is 6.92 Å². The number of aryl methyl sites for hydroxylation is 1. The van der Waals surface area contributed by atoms with Gasteiger partial charge in [-0.3, -0.25) is 10.1 Å². The molecule has 1 N–H and O–H groups in total. The van der Waals surface area contributed by atoms with Crippen molar-refractivity contribution in [2.75, 3.05) is 7.11 Å². The highest BCUT2D eigenvalue weighted by atomic mass is 32.2. The highest BCUT2D eigenvalue weighted by molar-refractivity contribution is 8.18. The molecular weight excluding hydrogens is 290 g/mol. The van der Waals surface area contributed by atoms with Gasteiger partial charge in [0.2, 0.25) is 0 Å². The van der Waals surface area contributed by atoms with Crippen LogP contribution in [-0.2, 0) is 14.3 Å². The maximum absolute atomic E-state index is 11.6. The average molecular weight is 303 g/mol. The fraction of sp³-hybridized carbons (Fsp3) is 0.143. The number of esters is 1. The quantitative estimate of drug-likeness (QED) is 0.398. The van der Waals surface area contributed by atoms with E-state index < -0.39 is 11.9 Å². The predicted octanol–water partition coefficient (Wildman–Crippen LogP) is 1.60. The van der Waals surface area contributed by atoms with Gasteiger partial charge in [-0.05, 0) is 24.2 Å². The Morgan fingerprint density at radius 3 is 2.71 bits per heavy atom. The second-order valence-electron chi connectivity index (χ2n) is 4.15. The lowest BCUT2D eigenvalue weighted by Gasteiger charge is -1.93. The van der Waals surface area contributed by atoms with Crippen molar-refractivity contribution in [3.63, 3.8) is 0 Å². The number of ether oxygens (including phenoxy) is 1. The van der Waals surface area contributed by atoms with Gasteiger partial charge in [-0.2, -0.15) is 5.10 Å². The van der Waals surface area contributed by atoms with E-state index in [1.165, 1.54) is 7.11 Å². The number of benzene rings is 1. The summed E-state index contributed by atoms with van der Waals surface area (Å²) in [6.07, 6.45) is 2.70. The van der Waals surface area contributed by atoms with Crippen molar-refractivity contribution in [1.82, 2.24) is 5.32 Å². The summed E-state index contributed by atoms with van der Waals surface area (Å²) in [5, 5.41) is 10.6. The van der Waals surface area contributed by atoms with E-state index in [0.29, 0.717) is 5.17 Å². The minimum atomic E-state index is -0.586. The van der Waals surface area contributed by atoms with Crippen LogP contribution < -0.4 is 5.32 Å². The third kappa shape index (κ3) is 4.28. The van der Waals surface area contributed by atoms with Gasteiger partial charge in [0.05, 0.1) is 18.2 Å². The zero-order valence-corrected chi connectivity index (χ0v) is 12.3. The summed E-state index contributed by atoms with van der Waals surface area (Å²) >= 11 is 1.04. The van der Waals surface area contributed by atoms with Crippen LogP contribution in [0.25, 0.3) is 0 Å². The first-order valence-electron chi connectivity index (χ1n) is 6.05. The number of hydrogen-bond donors (Lipinski definition) is 1. The summed E-state index contributed by atoms with van der Waals surface area (Å²) in [7, 11) is 1.25. The van der Waals surface area contributed by atoms with Crippen LogP contribution >= 0.6 is 11.8 Å². The molecule has 0 atom stereocenters. The van der Waals surface area contributed by atoms with E-state index >= 15 is 0 Å². The summed E-state index contributed by atoms with van der Waals surface area (Å²) in [5.41, 5.74) is 2.07. The van der Waals surface area contributed by atoms with Gasteiger partial charge in [-0.25, -0.2) is 4.79 Å². The van der Waals surface area contributed by atoms with Gasteiger partial charge in [0.15, 0.2) is 5.17 Å². The number of rotatable bonds is 3. The summed E-state index contributed by atoms with van der Waals surface area (Å²) in [6, 6.07) is 7.78. The molecule has 0 saturated carbocycles. The minimum absolute atomic E-state index is 0.228. The molecule has 6 nitrogen and oxygen atoms in total. The van der Waals surface area contributed by atoms with Crippen LogP contribution in [0.5, 0.6) is 0 Å². The van der Waals surface area contributed by atoms with Crippen molar-refractivity contribution in [2.24, 2.45) is 10.2 Å². The summed E-state index contributed by atoms with van der Waals surface area (Å²) in [4.78, 5) is 22.9. The smallest absolute Gasteiger partial charge is 0.331 e. The van der Waals surface area contributed by atoms with Crippen molar-refractivity contribution in [2.45, 2.75) is 6.92 Å². The SMILES string of the molecule is COC(=O)C=C1S/C(=N\N=Cc2ccc(C)cc2)NC1=O. The number of nitrogens with zero attached hydrogens (tertiary/aromatic N) is 2. The van der Waals surface area contributed by atoms with Gasteiger partial charge in [0, 0.05) is 6.08 Å². The second kappa shape index (κ2) is 6.85. The van der Waals surface area contributed by atoms with Crippen molar-refractivity contribution in [1.29, 1.82) is 0 Å². The van der Waals surface area contributed by atoms with Crippen molar-refractivity contribution < 1.29 is 14.3 Å². The van der Waals surface area contributed by atoms with Crippen LogP contribution in [0.1, 0.15) is 11.1 Å². The molecule has 108 valence electrons. The third-order valence-corrected chi connectivity index (χ3v) is 3.43. The number of methoxy groups -OCH3 is 1. The number of nitrogens with one attached hydrogen (secondary N) is 1. The molecule has 0 unspecified atom stereocenters. The van der Waals surface area contributed by atoms with Crippen LogP contribution in [0.2, 0.25) is 0 Å². The highest BCUT2D eigenvalue weighted by Gasteiger charge is 2.24. The molecule has 7 heteroatoms. The maximum atomic E-state index is 11.6. The Kier molecular flexibility index (Phi) is 4.89. The molecule has 1 aliphatic heterocycles. The van der Waals surface area contributed by atoms with Crippen LogP contribution in [0.15, 0.2) is 45.4 Å². The van der Waals surface area contributed by atoms with E-state index in [2.05, 4.69) is 20.3 Å². The standard InChI is InChI=1S/C14H13N3O3S/c1-9-3-5-10(6-4-9)8-15-17-14-16-13(19)11(21-14)7-12(18)20-2/h3-8H,1-2H3,(H,16,17,19). The molecule has 0 radical (unpaired) electrons. The van der Waals surface area contributed by atoms with E-state index in [-0.39, 0.29) is 4.91 Å². The molecular formula is C14H13N3O3S. The van der Waals surface area contributed by atoms with E-state index in [9.17, 15) is 9.59 Å². The molecule has 0 bridgehead atoms. The van der Waals surface area contributed by atoms with Crippen LogP contribution in [0.3, 0.4) is 0 Å². The molecule has 1 aromatic rings. The largest absolute Gasteiger partial charge is 0.466 e. The van der Waals surface area contributed by atoms with Gasteiger partial charge in [0.25, 0.3) is 5.91 Å². The maximum Gasteiger partial charge on any atom is 0.331 e. The Morgan fingerprint density at radius 2 is 2.05 bits per heavy atom.